The van der Waals surface area contributed by atoms with Crippen molar-refractivity contribution in [3.05, 3.63) is 35.1 Å². The molecule has 0 aliphatic rings. The van der Waals surface area contributed by atoms with Crippen LogP contribution in [0.25, 0.3) is 0 Å². The van der Waals surface area contributed by atoms with E-state index in [9.17, 15) is 4.39 Å². The van der Waals surface area contributed by atoms with Crippen molar-refractivity contribution in [1.29, 1.82) is 0 Å². The summed E-state index contributed by atoms with van der Waals surface area (Å²) in [4.78, 5) is 0. The van der Waals surface area contributed by atoms with Crippen molar-refractivity contribution in [2.24, 2.45) is 5.16 Å². The van der Waals surface area contributed by atoms with Gasteiger partial charge in [0.25, 0.3) is 0 Å². The summed E-state index contributed by atoms with van der Waals surface area (Å²) in [6.45, 7) is 1.57. The Bertz CT molecular complexity index is 325. The van der Waals surface area contributed by atoms with E-state index in [4.69, 9.17) is 16.8 Å². The molecule has 0 bridgehead atoms. The fourth-order valence-electron chi connectivity index (χ4n) is 0.885. The van der Waals surface area contributed by atoms with Crippen LogP contribution in [0, 0.1) is 12.7 Å². The molecule has 1 rings (SSSR count). The first-order valence-electron chi connectivity index (χ1n) is 3.30. The molecule has 0 saturated heterocycles. The molecular weight excluding hydrogens is 181 g/mol. The highest BCUT2D eigenvalue weighted by molar-refractivity contribution is 6.69. The Kier molecular flexibility index (Phi) is 2.65. The zero-order valence-corrected chi connectivity index (χ0v) is 7.14. The van der Waals surface area contributed by atoms with Crippen molar-refractivity contribution in [2.75, 3.05) is 0 Å². The van der Waals surface area contributed by atoms with E-state index in [0.29, 0.717) is 11.1 Å². The predicted octanol–water partition coefficient (Wildman–Crippen LogP) is 2.51. The smallest absolute Gasteiger partial charge is 0.175 e. The minimum atomic E-state index is -0.366. The van der Waals surface area contributed by atoms with Crippen LogP contribution in [-0.2, 0) is 0 Å². The molecule has 0 heterocycles. The van der Waals surface area contributed by atoms with Gasteiger partial charge in [-0.3, -0.25) is 0 Å². The van der Waals surface area contributed by atoms with Gasteiger partial charge < -0.3 is 5.21 Å². The molecule has 2 nitrogen and oxygen atoms in total. The molecule has 64 valence electrons. The van der Waals surface area contributed by atoms with E-state index >= 15 is 0 Å². The number of benzene rings is 1. The number of oxime groups is 1. The number of rotatable bonds is 1. The molecule has 1 N–H and O–H groups in total. The first-order valence-corrected chi connectivity index (χ1v) is 3.67. The van der Waals surface area contributed by atoms with Gasteiger partial charge in [-0.25, -0.2) is 4.39 Å². The minimum absolute atomic E-state index is 0.105. The number of hydrogen-bond donors (Lipinski definition) is 1. The van der Waals surface area contributed by atoms with Crippen LogP contribution in [0.15, 0.2) is 23.4 Å². The van der Waals surface area contributed by atoms with Crippen molar-refractivity contribution >= 4 is 16.8 Å². The van der Waals surface area contributed by atoms with Gasteiger partial charge in [0.2, 0.25) is 0 Å². The summed E-state index contributed by atoms with van der Waals surface area (Å²) >= 11 is 5.50. The van der Waals surface area contributed by atoms with Crippen LogP contribution in [0.5, 0.6) is 0 Å². The summed E-state index contributed by atoms with van der Waals surface area (Å²) in [5.41, 5.74) is 0.777. The molecule has 0 aliphatic heterocycles. The highest BCUT2D eigenvalue weighted by Gasteiger charge is 2.07. The molecule has 0 amide bonds. The topological polar surface area (TPSA) is 32.6 Å². The molecule has 1 aromatic rings. The first kappa shape index (κ1) is 9.00. The molecule has 1 aromatic carbocycles. The normalized spacial score (nSPS) is 11.8. The summed E-state index contributed by atoms with van der Waals surface area (Å²) in [6.07, 6.45) is 0. The fraction of sp³-hybridized carbons (Fsp3) is 0.125. The van der Waals surface area contributed by atoms with Gasteiger partial charge in [0, 0.05) is 5.56 Å². The Morgan fingerprint density at radius 2 is 2.25 bits per heavy atom. The quantitative estimate of drug-likeness (QED) is 0.409. The lowest BCUT2D eigenvalue weighted by Gasteiger charge is -2.01. The van der Waals surface area contributed by atoms with E-state index in [-0.39, 0.29) is 11.0 Å². The largest absolute Gasteiger partial charge is 0.410 e. The zero-order valence-electron chi connectivity index (χ0n) is 6.38. The molecule has 0 fully saturated rings. The number of nitrogens with zero attached hydrogens (tertiary/aromatic N) is 1. The maximum atomic E-state index is 12.9. The van der Waals surface area contributed by atoms with Crippen LogP contribution in [0.1, 0.15) is 11.1 Å². The summed E-state index contributed by atoms with van der Waals surface area (Å²) < 4.78 is 12.9. The van der Waals surface area contributed by atoms with Crippen LogP contribution < -0.4 is 0 Å². The van der Waals surface area contributed by atoms with Crippen LogP contribution in [-0.4, -0.2) is 10.4 Å². The molecule has 0 saturated carbocycles. The average molecular weight is 188 g/mol. The lowest BCUT2D eigenvalue weighted by atomic mass is 10.1. The molecule has 0 radical (unpaired) electrons. The summed E-state index contributed by atoms with van der Waals surface area (Å²) in [6, 6.07) is 4.41. The average Bonchev–Trinajstić information content (AvgIpc) is 2.08. The van der Waals surface area contributed by atoms with Gasteiger partial charge in [0.15, 0.2) is 5.17 Å². The van der Waals surface area contributed by atoms with Gasteiger partial charge in [0.05, 0.1) is 0 Å². The molecule has 0 spiro atoms. The number of halogens is 2. The highest BCUT2D eigenvalue weighted by atomic mass is 35.5. The van der Waals surface area contributed by atoms with Crippen LogP contribution in [0.2, 0.25) is 0 Å². The predicted molar refractivity (Wildman–Crippen MR) is 45.3 cm³/mol. The van der Waals surface area contributed by atoms with Gasteiger partial charge in [-0.15, -0.1) is 0 Å². The van der Waals surface area contributed by atoms with Gasteiger partial charge in [-0.2, -0.15) is 0 Å². The molecular formula is C8H7ClFNO. The second-order valence-corrected chi connectivity index (χ2v) is 2.66. The SMILES string of the molecule is Cc1c(F)cccc1C(Cl)=NO. The Labute approximate surface area is 74.3 Å². The third-order valence-corrected chi connectivity index (χ3v) is 1.86. The molecule has 0 unspecified atom stereocenters. The lowest BCUT2D eigenvalue weighted by molar-refractivity contribution is 0.321. The monoisotopic (exact) mass is 187 g/mol. The Balaban J connectivity index is 3.26. The van der Waals surface area contributed by atoms with Crippen molar-refractivity contribution in [1.82, 2.24) is 0 Å². The maximum absolute atomic E-state index is 12.9. The summed E-state index contributed by atoms with van der Waals surface area (Å²) in [5.74, 6) is -0.366. The first-order chi connectivity index (χ1) is 5.66. The van der Waals surface area contributed by atoms with Crippen LogP contribution in [0.3, 0.4) is 0 Å². The number of hydrogen-bond acceptors (Lipinski definition) is 2. The van der Waals surface area contributed by atoms with E-state index in [1.807, 2.05) is 0 Å². The van der Waals surface area contributed by atoms with Crippen molar-refractivity contribution in [3.8, 4) is 0 Å². The van der Waals surface area contributed by atoms with E-state index < -0.39 is 0 Å². The second kappa shape index (κ2) is 3.54. The van der Waals surface area contributed by atoms with Gasteiger partial charge in [0.1, 0.15) is 5.82 Å². The van der Waals surface area contributed by atoms with Crippen molar-refractivity contribution < 1.29 is 9.60 Å². The summed E-state index contributed by atoms with van der Waals surface area (Å²) in [5, 5.41) is 11.0. The molecule has 0 aliphatic carbocycles. The van der Waals surface area contributed by atoms with E-state index in [1.165, 1.54) is 12.1 Å². The van der Waals surface area contributed by atoms with Crippen molar-refractivity contribution in [3.63, 3.8) is 0 Å². The van der Waals surface area contributed by atoms with Crippen LogP contribution >= 0.6 is 11.6 Å². The lowest BCUT2D eigenvalue weighted by Crippen LogP contribution is -1.97. The molecule has 12 heavy (non-hydrogen) atoms. The van der Waals surface area contributed by atoms with Gasteiger partial charge >= 0.3 is 0 Å². The van der Waals surface area contributed by atoms with E-state index in [0.717, 1.165) is 0 Å². The zero-order chi connectivity index (χ0) is 9.14. The maximum Gasteiger partial charge on any atom is 0.175 e. The third-order valence-electron chi connectivity index (χ3n) is 1.58. The Morgan fingerprint density at radius 3 is 2.83 bits per heavy atom. The minimum Gasteiger partial charge on any atom is -0.410 e. The van der Waals surface area contributed by atoms with E-state index in [2.05, 4.69) is 5.16 Å². The third kappa shape index (κ3) is 1.56. The summed E-state index contributed by atoms with van der Waals surface area (Å²) in [7, 11) is 0. The van der Waals surface area contributed by atoms with Crippen LogP contribution in [0.4, 0.5) is 4.39 Å². The van der Waals surface area contributed by atoms with Gasteiger partial charge in [-0.05, 0) is 18.6 Å². The van der Waals surface area contributed by atoms with Crippen molar-refractivity contribution in [2.45, 2.75) is 6.92 Å². The standard InChI is InChI=1S/C8H7ClFNO/c1-5-6(8(9)11-12)3-2-4-7(5)10/h2-4,12H,1H3. The molecule has 0 aromatic heterocycles. The molecule has 4 heteroatoms. The highest BCUT2D eigenvalue weighted by Crippen LogP contribution is 2.14. The fourth-order valence-corrected chi connectivity index (χ4v) is 1.09. The van der Waals surface area contributed by atoms with E-state index in [1.54, 1.807) is 13.0 Å². The van der Waals surface area contributed by atoms with Gasteiger partial charge in [-0.1, -0.05) is 28.9 Å². The second-order valence-electron chi connectivity index (χ2n) is 2.30. The Morgan fingerprint density at radius 1 is 1.58 bits per heavy atom. The Hall–Kier alpha value is -1.09. The molecule has 0 atom stereocenters.